The molecule has 142 valence electrons. The molecule has 1 unspecified atom stereocenters. The van der Waals surface area contributed by atoms with E-state index in [0.29, 0.717) is 13.1 Å². The summed E-state index contributed by atoms with van der Waals surface area (Å²) in [5, 5.41) is 0. The van der Waals surface area contributed by atoms with Gasteiger partial charge in [0.05, 0.1) is 14.2 Å². The molecule has 1 saturated heterocycles. The fourth-order valence-electron chi connectivity index (χ4n) is 3.85. The van der Waals surface area contributed by atoms with Gasteiger partial charge < -0.3 is 9.47 Å². The van der Waals surface area contributed by atoms with Crippen molar-refractivity contribution < 1.29 is 19.1 Å². The first kappa shape index (κ1) is 19.6. The molecule has 0 bridgehead atoms. The third kappa shape index (κ3) is 3.77. The van der Waals surface area contributed by atoms with Crippen LogP contribution in [0.25, 0.3) is 0 Å². The average Bonchev–Trinajstić information content (AvgIpc) is 3.08. The molecule has 2 aromatic rings. The van der Waals surface area contributed by atoms with Crippen molar-refractivity contribution in [2.24, 2.45) is 5.41 Å². The number of ether oxygens (including phenoxy) is 2. The summed E-state index contributed by atoms with van der Waals surface area (Å²) in [5.74, 6) is -1.47. The Morgan fingerprint density at radius 3 is 2.19 bits per heavy atom. The molecule has 5 nitrogen and oxygen atoms in total. The maximum atomic E-state index is 12.8. The van der Waals surface area contributed by atoms with Gasteiger partial charge in [-0.2, -0.15) is 0 Å². The molecule has 1 atom stereocenters. The number of likely N-dealkylation sites (tertiary alicyclic amines) is 1. The lowest BCUT2D eigenvalue weighted by Crippen LogP contribution is -2.46. The van der Waals surface area contributed by atoms with E-state index in [4.69, 9.17) is 9.47 Å². The molecule has 0 amide bonds. The third-order valence-electron chi connectivity index (χ3n) is 5.13. The second kappa shape index (κ2) is 8.23. The molecular formula is C21H22BrNO4. The van der Waals surface area contributed by atoms with Crippen LogP contribution in [-0.2, 0) is 25.6 Å². The summed E-state index contributed by atoms with van der Waals surface area (Å²) in [6.45, 7) is 1.45. The number of hydrogen-bond donors (Lipinski definition) is 0. The SMILES string of the molecule is COC(=O)C1(C(=O)OC)CN(Cc2ccccc2)CC1c1ccc(Br)cc1. The lowest BCUT2D eigenvalue weighted by atomic mass is 9.74. The van der Waals surface area contributed by atoms with Crippen molar-refractivity contribution in [1.29, 1.82) is 0 Å². The van der Waals surface area contributed by atoms with Crippen LogP contribution in [0.4, 0.5) is 0 Å². The summed E-state index contributed by atoms with van der Waals surface area (Å²) in [6.07, 6.45) is 0. The Balaban J connectivity index is 2.01. The quantitative estimate of drug-likeness (QED) is 0.536. The maximum absolute atomic E-state index is 12.8. The van der Waals surface area contributed by atoms with Crippen LogP contribution in [0.5, 0.6) is 0 Å². The Morgan fingerprint density at radius 1 is 1.04 bits per heavy atom. The van der Waals surface area contributed by atoms with Gasteiger partial charge in [0.1, 0.15) is 0 Å². The van der Waals surface area contributed by atoms with E-state index in [0.717, 1.165) is 15.6 Å². The van der Waals surface area contributed by atoms with E-state index >= 15 is 0 Å². The van der Waals surface area contributed by atoms with Crippen molar-refractivity contribution in [3.8, 4) is 0 Å². The predicted molar refractivity (Wildman–Crippen MR) is 105 cm³/mol. The summed E-state index contributed by atoms with van der Waals surface area (Å²) in [7, 11) is 2.62. The molecule has 2 aromatic carbocycles. The molecule has 0 saturated carbocycles. The highest BCUT2D eigenvalue weighted by Gasteiger charge is 2.60. The summed E-state index contributed by atoms with van der Waals surface area (Å²) in [6, 6.07) is 17.7. The normalized spacial score (nSPS) is 18.9. The lowest BCUT2D eigenvalue weighted by Gasteiger charge is -2.29. The van der Waals surface area contributed by atoms with Gasteiger partial charge in [-0.05, 0) is 23.3 Å². The highest BCUT2D eigenvalue weighted by molar-refractivity contribution is 9.10. The van der Waals surface area contributed by atoms with Crippen LogP contribution < -0.4 is 0 Å². The van der Waals surface area contributed by atoms with Crippen LogP contribution in [0.3, 0.4) is 0 Å². The summed E-state index contributed by atoms with van der Waals surface area (Å²) < 4.78 is 11.1. The zero-order chi connectivity index (χ0) is 19.4. The molecule has 27 heavy (non-hydrogen) atoms. The van der Waals surface area contributed by atoms with E-state index < -0.39 is 17.4 Å². The number of hydrogen-bond acceptors (Lipinski definition) is 5. The van der Waals surface area contributed by atoms with Crippen LogP contribution in [-0.4, -0.2) is 44.1 Å². The van der Waals surface area contributed by atoms with Crippen LogP contribution in [0.2, 0.25) is 0 Å². The van der Waals surface area contributed by atoms with E-state index in [2.05, 4.69) is 20.8 Å². The van der Waals surface area contributed by atoms with Crippen molar-refractivity contribution in [1.82, 2.24) is 4.90 Å². The maximum Gasteiger partial charge on any atom is 0.325 e. The molecule has 1 aliphatic rings. The van der Waals surface area contributed by atoms with Crippen molar-refractivity contribution in [2.45, 2.75) is 12.5 Å². The topological polar surface area (TPSA) is 55.8 Å². The zero-order valence-electron chi connectivity index (χ0n) is 15.4. The summed E-state index contributed by atoms with van der Waals surface area (Å²) in [5.41, 5.74) is 0.647. The molecule has 6 heteroatoms. The number of carbonyl (C=O) groups excluding carboxylic acids is 2. The van der Waals surface area contributed by atoms with Gasteiger partial charge in [0.25, 0.3) is 0 Å². The van der Waals surface area contributed by atoms with E-state index in [9.17, 15) is 9.59 Å². The molecule has 0 aliphatic carbocycles. The fourth-order valence-corrected chi connectivity index (χ4v) is 4.11. The molecule has 3 rings (SSSR count). The number of halogens is 1. The third-order valence-corrected chi connectivity index (χ3v) is 5.66. The standard InChI is InChI=1S/C21H22BrNO4/c1-26-19(24)21(20(25)27-2)14-23(12-15-6-4-3-5-7-15)13-18(21)16-8-10-17(22)11-9-16/h3-11,18H,12-14H2,1-2H3. The van der Waals surface area contributed by atoms with Crippen molar-refractivity contribution in [3.63, 3.8) is 0 Å². The number of benzene rings is 2. The Morgan fingerprint density at radius 2 is 1.63 bits per heavy atom. The van der Waals surface area contributed by atoms with Crippen molar-refractivity contribution >= 4 is 27.9 Å². The minimum Gasteiger partial charge on any atom is -0.468 e. The number of esters is 2. The molecule has 0 aromatic heterocycles. The largest absolute Gasteiger partial charge is 0.468 e. The Hall–Kier alpha value is -2.18. The molecule has 1 fully saturated rings. The average molecular weight is 432 g/mol. The van der Waals surface area contributed by atoms with Gasteiger partial charge in [-0.3, -0.25) is 14.5 Å². The summed E-state index contributed by atoms with van der Waals surface area (Å²) in [4.78, 5) is 27.8. The minimum absolute atomic E-state index is 0.252. The van der Waals surface area contributed by atoms with Gasteiger partial charge in [0, 0.05) is 30.0 Å². The van der Waals surface area contributed by atoms with Gasteiger partial charge in [-0.1, -0.05) is 58.4 Å². The number of nitrogens with zero attached hydrogens (tertiary/aromatic N) is 1. The van der Waals surface area contributed by atoms with Crippen molar-refractivity contribution in [3.05, 3.63) is 70.2 Å². The second-order valence-corrected chi connectivity index (χ2v) is 7.63. The van der Waals surface area contributed by atoms with Gasteiger partial charge in [-0.15, -0.1) is 0 Å². The highest BCUT2D eigenvalue weighted by atomic mass is 79.9. The van der Waals surface area contributed by atoms with Crippen molar-refractivity contribution in [2.75, 3.05) is 27.3 Å². The fraction of sp³-hybridized carbons (Fsp3) is 0.333. The second-order valence-electron chi connectivity index (χ2n) is 6.71. The number of methoxy groups -OCH3 is 2. The molecule has 0 N–H and O–H groups in total. The summed E-state index contributed by atoms with van der Waals surface area (Å²) >= 11 is 3.43. The Bertz CT molecular complexity index is 791. The molecule has 0 spiro atoms. The molecule has 0 radical (unpaired) electrons. The number of carbonyl (C=O) groups is 2. The van der Waals surface area contributed by atoms with Crippen LogP contribution >= 0.6 is 15.9 Å². The van der Waals surface area contributed by atoms with Gasteiger partial charge in [0.15, 0.2) is 5.41 Å². The first-order valence-corrected chi connectivity index (χ1v) is 9.49. The zero-order valence-corrected chi connectivity index (χ0v) is 16.9. The van der Waals surface area contributed by atoms with Crippen LogP contribution in [0, 0.1) is 5.41 Å². The van der Waals surface area contributed by atoms with E-state index in [1.807, 2.05) is 54.6 Å². The van der Waals surface area contributed by atoms with Gasteiger partial charge in [0.2, 0.25) is 0 Å². The lowest BCUT2D eigenvalue weighted by molar-refractivity contribution is -0.169. The molecule has 1 aliphatic heterocycles. The highest BCUT2D eigenvalue weighted by Crippen LogP contribution is 2.45. The van der Waals surface area contributed by atoms with Crippen LogP contribution in [0.15, 0.2) is 59.1 Å². The first-order chi connectivity index (χ1) is 13.0. The molecule has 1 heterocycles. The first-order valence-electron chi connectivity index (χ1n) is 8.70. The van der Waals surface area contributed by atoms with E-state index in [1.165, 1.54) is 14.2 Å². The molecular weight excluding hydrogens is 410 g/mol. The monoisotopic (exact) mass is 431 g/mol. The number of rotatable bonds is 5. The van der Waals surface area contributed by atoms with E-state index in [-0.39, 0.29) is 12.5 Å². The Labute approximate surface area is 167 Å². The van der Waals surface area contributed by atoms with Gasteiger partial charge >= 0.3 is 11.9 Å². The Kier molecular flexibility index (Phi) is 5.97. The minimum atomic E-state index is -1.38. The smallest absolute Gasteiger partial charge is 0.325 e. The van der Waals surface area contributed by atoms with Gasteiger partial charge in [-0.25, -0.2) is 0 Å². The predicted octanol–water partition coefficient (Wildman–Crippen LogP) is 3.38. The van der Waals surface area contributed by atoms with Crippen LogP contribution in [0.1, 0.15) is 17.0 Å². The van der Waals surface area contributed by atoms with E-state index in [1.54, 1.807) is 0 Å².